The maximum atomic E-state index is 12.8. The molecule has 15 nitrogen and oxygen atoms in total. The number of rotatable bonds is 12. The van der Waals surface area contributed by atoms with Crippen molar-refractivity contribution in [3.63, 3.8) is 0 Å². The highest BCUT2D eigenvalue weighted by atomic mass is 35.5. The van der Waals surface area contributed by atoms with Crippen LogP contribution in [0, 0.1) is 11.8 Å². The van der Waals surface area contributed by atoms with E-state index in [9.17, 15) is 19.2 Å². The third-order valence-corrected chi connectivity index (χ3v) is 10.7. The van der Waals surface area contributed by atoms with E-state index in [1.54, 1.807) is 19.3 Å². The Morgan fingerprint density at radius 1 is 1.00 bits per heavy atom. The summed E-state index contributed by atoms with van der Waals surface area (Å²) in [7, 11) is 5.05. The average molecular weight is 755 g/mol. The van der Waals surface area contributed by atoms with Crippen molar-refractivity contribution in [3.8, 4) is 5.75 Å². The van der Waals surface area contributed by atoms with Gasteiger partial charge in [0.2, 0.25) is 17.8 Å². The van der Waals surface area contributed by atoms with Gasteiger partial charge in [-0.1, -0.05) is 23.7 Å². The van der Waals surface area contributed by atoms with Gasteiger partial charge < -0.3 is 30.6 Å². The number of carbonyl (C=O) groups excluding carboxylic acids is 3. The molecule has 2 fully saturated rings. The van der Waals surface area contributed by atoms with Gasteiger partial charge in [-0.25, -0.2) is 4.98 Å². The molecule has 1 saturated heterocycles. The minimum atomic E-state index is -0.437. The second-order valence-electron chi connectivity index (χ2n) is 14.0. The first-order valence-electron chi connectivity index (χ1n) is 18.1. The molecule has 5 aromatic rings. The summed E-state index contributed by atoms with van der Waals surface area (Å²) in [6.45, 7) is 1.31. The van der Waals surface area contributed by atoms with E-state index in [0.29, 0.717) is 58.4 Å². The summed E-state index contributed by atoms with van der Waals surface area (Å²) in [4.78, 5) is 57.7. The molecule has 1 unspecified atom stereocenters. The minimum Gasteiger partial charge on any atom is -0.478 e. The molecule has 2 aliphatic rings. The van der Waals surface area contributed by atoms with Crippen molar-refractivity contribution < 1.29 is 19.1 Å². The molecule has 282 valence electrons. The summed E-state index contributed by atoms with van der Waals surface area (Å²) in [5.74, 6) is 0.693. The van der Waals surface area contributed by atoms with Crippen LogP contribution in [0.25, 0.3) is 21.8 Å². The Morgan fingerprint density at radius 2 is 1.76 bits per heavy atom. The van der Waals surface area contributed by atoms with Crippen LogP contribution < -0.4 is 36.9 Å². The maximum Gasteiger partial charge on any atom is 0.293 e. The molecule has 3 amide bonds. The molecule has 7 rings (SSSR count). The first-order valence-corrected chi connectivity index (χ1v) is 18.5. The zero-order chi connectivity index (χ0) is 37.9. The number of para-hydroxylation sites is 1. The number of carbonyl (C=O) groups is 3. The van der Waals surface area contributed by atoms with Gasteiger partial charge in [-0.3, -0.25) is 29.2 Å². The number of imide groups is 1. The lowest BCUT2D eigenvalue weighted by Gasteiger charge is -2.29. The number of pyridine rings is 1. The highest BCUT2D eigenvalue weighted by molar-refractivity contribution is 6.33. The van der Waals surface area contributed by atoms with Crippen molar-refractivity contribution in [2.75, 3.05) is 42.7 Å². The van der Waals surface area contributed by atoms with Crippen LogP contribution in [0.15, 0.2) is 53.5 Å². The molecular weight excluding hydrogens is 712 g/mol. The van der Waals surface area contributed by atoms with Crippen LogP contribution in [-0.4, -0.2) is 68.8 Å². The van der Waals surface area contributed by atoms with Gasteiger partial charge in [-0.2, -0.15) is 10.1 Å². The Hall–Kier alpha value is -5.70. The number of hydrogen-bond donors (Lipinski definition) is 5. The number of piperidine rings is 1. The highest BCUT2D eigenvalue weighted by Gasteiger charge is 2.32. The number of aromatic nitrogens is 5. The smallest absolute Gasteiger partial charge is 0.293 e. The van der Waals surface area contributed by atoms with E-state index in [1.807, 2.05) is 42.1 Å². The predicted molar refractivity (Wildman–Crippen MR) is 207 cm³/mol. The fraction of sp³-hybridized carbons (Fsp3) is 0.395. The number of halogens is 1. The summed E-state index contributed by atoms with van der Waals surface area (Å²) in [5.41, 5.74) is 3.72. The van der Waals surface area contributed by atoms with E-state index in [4.69, 9.17) is 21.4 Å². The van der Waals surface area contributed by atoms with Gasteiger partial charge in [0, 0.05) is 57.1 Å². The van der Waals surface area contributed by atoms with E-state index in [2.05, 4.69) is 42.6 Å². The minimum absolute atomic E-state index is 0.0759. The second kappa shape index (κ2) is 15.7. The van der Waals surface area contributed by atoms with Gasteiger partial charge in [0.25, 0.3) is 11.5 Å². The Balaban J connectivity index is 0.931. The number of nitrogens with one attached hydrogen (secondary N) is 5. The van der Waals surface area contributed by atoms with E-state index >= 15 is 0 Å². The Morgan fingerprint density at radius 3 is 2.50 bits per heavy atom. The van der Waals surface area contributed by atoms with Crippen LogP contribution in [0.2, 0.25) is 5.02 Å². The van der Waals surface area contributed by atoms with Crippen LogP contribution in [-0.2, 0) is 28.5 Å². The first-order chi connectivity index (χ1) is 26.1. The zero-order valence-corrected chi connectivity index (χ0v) is 31.1. The fourth-order valence-corrected chi connectivity index (χ4v) is 7.51. The molecule has 0 radical (unpaired) electrons. The second-order valence-corrected chi connectivity index (χ2v) is 14.4. The van der Waals surface area contributed by atoms with Crippen LogP contribution >= 0.6 is 11.6 Å². The van der Waals surface area contributed by atoms with E-state index in [-0.39, 0.29) is 35.6 Å². The predicted octanol–water partition coefficient (Wildman–Crippen LogP) is 4.59. The van der Waals surface area contributed by atoms with Gasteiger partial charge >= 0.3 is 0 Å². The summed E-state index contributed by atoms with van der Waals surface area (Å²) >= 11 is 6.49. The number of hydrogen-bond acceptors (Lipinski definition) is 11. The third-order valence-electron chi connectivity index (χ3n) is 10.4. The van der Waals surface area contributed by atoms with Crippen molar-refractivity contribution in [2.24, 2.45) is 25.9 Å². The molecule has 0 spiro atoms. The van der Waals surface area contributed by atoms with Crippen LogP contribution in [0.5, 0.6) is 5.75 Å². The van der Waals surface area contributed by atoms with E-state index in [1.165, 1.54) is 11.6 Å². The molecule has 1 saturated carbocycles. The topological polar surface area (TPSA) is 186 Å². The number of benzene rings is 2. The summed E-state index contributed by atoms with van der Waals surface area (Å²) in [6.07, 6.45) is 6.66. The molecule has 1 aliphatic carbocycles. The van der Waals surface area contributed by atoms with Crippen LogP contribution in [0.3, 0.4) is 0 Å². The third kappa shape index (κ3) is 7.81. The lowest BCUT2D eigenvalue weighted by atomic mass is 9.82. The van der Waals surface area contributed by atoms with Crippen molar-refractivity contribution in [1.29, 1.82) is 0 Å². The highest BCUT2D eigenvalue weighted by Crippen LogP contribution is 2.35. The Bertz CT molecular complexity index is 2300. The number of fused-ring (bicyclic) bond motifs is 2. The van der Waals surface area contributed by atoms with Crippen molar-refractivity contribution in [2.45, 2.75) is 44.4 Å². The molecule has 16 heteroatoms. The maximum absolute atomic E-state index is 12.8. The quantitative estimate of drug-likeness (QED) is 0.112. The SMILES string of the molecule is CNC(=O)COc1cc2cc(Nc3nc(NC[C@H]4CC[C@@H](CNc5cccc6c(C7CCC(=O)NC7=O)nn(C)c56)CC4)ncc3Cl)ccc2n(C)c1=O. The van der Waals surface area contributed by atoms with Crippen molar-refractivity contribution in [3.05, 3.63) is 69.7 Å². The molecule has 3 aromatic heterocycles. The monoisotopic (exact) mass is 754 g/mol. The van der Waals surface area contributed by atoms with Gasteiger partial charge in [-0.15, -0.1) is 0 Å². The lowest BCUT2D eigenvalue weighted by Crippen LogP contribution is -2.39. The van der Waals surface area contributed by atoms with Gasteiger partial charge in [0.05, 0.1) is 34.5 Å². The van der Waals surface area contributed by atoms with Gasteiger partial charge in [-0.05, 0) is 74.3 Å². The van der Waals surface area contributed by atoms with E-state index in [0.717, 1.165) is 60.7 Å². The molecule has 1 atom stereocenters. The number of likely N-dealkylation sites (N-methyl/N-ethyl adjacent to an activating group) is 1. The molecule has 0 bridgehead atoms. The summed E-state index contributed by atoms with van der Waals surface area (Å²) < 4.78 is 8.79. The molecule has 5 N–H and O–H groups in total. The zero-order valence-electron chi connectivity index (χ0n) is 30.4. The fourth-order valence-electron chi connectivity index (χ4n) is 7.38. The number of nitrogens with zero attached hydrogens (tertiary/aromatic N) is 5. The average Bonchev–Trinajstić information content (AvgIpc) is 3.51. The number of aryl methyl sites for hydroxylation is 2. The van der Waals surface area contributed by atoms with Gasteiger partial charge in [0.1, 0.15) is 5.02 Å². The standard InChI is InChI=1S/C38H43ClN10O5/c1-40-32(51)20-54-30-16-23-15-24(11-13-29(23)48(2)37(30)53)44-35-27(39)19-43-38(46-35)42-18-22-9-7-21(8-10-22)17-41-28-6-4-5-25-33(47-49(3)34(25)28)26-12-14-31(50)45-36(26)52/h4-6,11,13,15-16,19,21-22,26,41H,7-10,12,14,17-18,20H2,1-3H3,(H,40,51)(H,45,50,52)(H2,42,43,44,46)/t21-,22+,26?. The Kier molecular flexibility index (Phi) is 10.7. The Labute approximate surface area is 316 Å². The van der Waals surface area contributed by atoms with Crippen LogP contribution in [0.1, 0.15) is 50.1 Å². The largest absolute Gasteiger partial charge is 0.478 e. The number of ether oxygens (including phenoxy) is 1. The van der Waals surface area contributed by atoms with Gasteiger partial charge in [0.15, 0.2) is 18.2 Å². The molecule has 1 aliphatic heterocycles. The number of amides is 3. The molecule has 4 heterocycles. The summed E-state index contributed by atoms with van der Waals surface area (Å²) in [6, 6.07) is 13.2. The van der Waals surface area contributed by atoms with Crippen molar-refractivity contribution in [1.82, 2.24) is 34.9 Å². The lowest BCUT2D eigenvalue weighted by molar-refractivity contribution is -0.134. The summed E-state index contributed by atoms with van der Waals surface area (Å²) in [5, 5.41) is 22.0. The normalized spacial score (nSPS) is 18.7. The first kappa shape index (κ1) is 36.6. The van der Waals surface area contributed by atoms with Crippen LogP contribution in [0.4, 0.5) is 23.1 Å². The van der Waals surface area contributed by atoms with Crippen molar-refractivity contribution >= 4 is 74.3 Å². The number of anilines is 4. The van der Waals surface area contributed by atoms with E-state index < -0.39 is 5.92 Å². The molecule has 54 heavy (non-hydrogen) atoms. The molecular formula is C38H43ClN10O5. The molecule has 2 aromatic carbocycles.